The highest BCUT2D eigenvalue weighted by Gasteiger charge is 2.27. The number of nitrogens with one attached hydrogen (secondary N) is 1. The molecule has 2 rings (SSSR count). The Morgan fingerprint density at radius 3 is 2.32 bits per heavy atom. The van der Waals surface area contributed by atoms with E-state index in [4.69, 9.17) is 27.9 Å². The summed E-state index contributed by atoms with van der Waals surface area (Å²) in [6.07, 6.45) is 0. The molecule has 150 valence electrons. The zero-order chi connectivity index (χ0) is 20.7. The van der Waals surface area contributed by atoms with Crippen LogP contribution in [0.4, 0.5) is 0 Å². The van der Waals surface area contributed by atoms with Crippen molar-refractivity contribution in [1.82, 2.24) is 10.2 Å². The second kappa shape index (κ2) is 10.7. The smallest absolute Gasteiger partial charge is 0.261 e. The van der Waals surface area contributed by atoms with Crippen LogP contribution in [0.2, 0.25) is 10.0 Å². The minimum absolute atomic E-state index is 0.0966. The molecule has 0 spiro atoms. The Bertz CT molecular complexity index is 810. The van der Waals surface area contributed by atoms with Crippen molar-refractivity contribution in [3.63, 3.8) is 0 Å². The van der Waals surface area contributed by atoms with E-state index in [1.54, 1.807) is 37.3 Å². The molecule has 0 saturated heterocycles. The molecule has 2 aromatic rings. The van der Waals surface area contributed by atoms with E-state index in [-0.39, 0.29) is 25.0 Å². The van der Waals surface area contributed by atoms with Crippen LogP contribution in [-0.4, -0.2) is 35.9 Å². The lowest BCUT2D eigenvalue weighted by Gasteiger charge is -2.29. The van der Waals surface area contributed by atoms with Gasteiger partial charge in [-0.2, -0.15) is 0 Å². The molecule has 2 aromatic carbocycles. The summed E-state index contributed by atoms with van der Waals surface area (Å²) in [7, 11) is 0. The topological polar surface area (TPSA) is 58.6 Å². The summed E-state index contributed by atoms with van der Waals surface area (Å²) in [6, 6.07) is 11.5. The van der Waals surface area contributed by atoms with Crippen LogP contribution in [0.3, 0.4) is 0 Å². The van der Waals surface area contributed by atoms with Gasteiger partial charge in [-0.25, -0.2) is 0 Å². The molecular formula is C20H21BrCl2N2O3. The van der Waals surface area contributed by atoms with Crippen LogP contribution < -0.4 is 10.1 Å². The van der Waals surface area contributed by atoms with E-state index in [1.807, 2.05) is 19.1 Å². The first-order valence-electron chi connectivity index (χ1n) is 8.72. The van der Waals surface area contributed by atoms with E-state index in [9.17, 15) is 9.59 Å². The van der Waals surface area contributed by atoms with Crippen molar-refractivity contribution in [1.29, 1.82) is 0 Å². The predicted octanol–water partition coefficient (Wildman–Crippen LogP) is 4.69. The molecule has 1 N–H and O–H groups in total. The normalized spacial score (nSPS) is 11.6. The van der Waals surface area contributed by atoms with E-state index in [1.165, 1.54) is 4.90 Å². The lowest BCUT2D eigenvalue weighted by Crippen LogP contribution is -2.49. The minimum atomic E-state index is -0.715. The Balaban J connectivity index is 2.20. The fourth-order valence-electron chi connectivity index (χ4n) is 2.52. The van der Waals surface area contributed by atoms with Gasteiger partial charge in [0.25, 0.3) is 5.91 Å². The first kappa shape index (κ1) is 22.5. The molecule has 0 aromatic heterocycles. The van der Waals surface area contributed by atoms with E-state index in [0.29, 0.717) is 27.9 Å². The number of likely N-dealkylation sites (N-methyl/N-ethyl adjacent to an activating group) is 1. The minimum Gasteiger partial charge on any atom is -0.484 e. The van der Waals surface area contributed by atoms with Crippen molar-refractivity contribution < 1.29 is 14.3 Å². The molecule has 0 bridgehead atoms. The number of carbonyl (C=O) groups excluding carboxylic acids is 2. The summed E-state index contributed by atoms with van der Waals surface area (Å²) in [5.41, 5.74) is 0.582. The molecule has 28 heavy (non-hydrogen) atoms. The lowest BCUT2D eigenvalue weighted by molar-refractivity contribution is -0.142. The molecule has 0 fully saturated rings. The third kappa shape index (κ3) is 6.12. The molecule has 0 aliphatic carbocycles. The molecule has 2 amide bonds. The molecule has 1 atom stereocenters. The van der Waals surface area contributed by atoms with Gasteiger partial charge in [0.1, 0.15) is 11.8 Å². The number of hydrogen-bond donors (Lipinski definition) is 1. The maximum Gasteiger partial charge on any atom is 0.261 e. The highest BCUT2D eigenvalue weighted by Crippen LogP contribution is 2.26. The highest BCUT2D eigenvalue weighted by molar-refractivity contribution is 9.10. The van der Waals surface area contributed by atoms with Gasteiger partial charge in [0.2, 0.25) is 5.91 Å². The van der Waals surface area contributed by atoms with Gasteiger partial charge in [-0.1, -0.05) is 45.2 Å². The second-order valence-electron chi connectivity index (χ2n) is 6.04. The molecular weight excluding hydrogens is 467 g/mol. The Morgan fingerprint density at radius 1 is 1.14 bits per heavy atom. The van der Waals surface area contributed by atoms with Crippen LogP contribution in [-0.2, 0) is 16.1 Å². The maximum atomic E-state index is 12.9. The summed E-state index contributed by atoms with van der Waals surface area (Å²) in [5, 5.41) is 3.60. The standard InChI is InChI=1S/C20H21BrCl2N2O3/c1-3-24-20(27)13(2)25(11-16-17(22)5-4-6-18(16)23)19(26)12-28-15-9-7-14(21)8-10-15/h4-10,13H,3,11-12H2,1-2H3,(H,24,27)/t13-/m0/s1. The summed E-state index contributed by atoms with van der Waals surface area (Å²) < 4.78 is 6.49. The fourth-order valence-corrected chi connectivity index (χ4v) is 3.30. The number of rotatable bonds is 8. The largest absolute Gasteiger partial charge is 0.484 e. The summed E-state index contributed by atoms with van der Waals surface area (Å²) >= 11 is 15.9. The Kier molecular flexibility index (Phi) is 8.60. The van der Waals surface area contributed by atoms with Crippen LogP contribution in [0.15, 0.2) is 46.9 Å². The number of nitrogens with zero attached hydrogens (tertiary/aromatic N) is 1. The van der Waals surface area contributed by atoms with Crippen molar-refractivity contribution in [3.05, 3.63) is 62.5 Å². The molecule has 0 aliphatic rings. The average Bonchev–Trinajstić information content (AvgIpc) is 2.67. The SMILES string of the molecule is CCNC(=O)[C@H](C)N(Cc1c(Cl)cccc1Cl)C(=O)COc1ccc(Br)cc1. The molecule has 5 nitrogen and oxygen atoms in total. The Labute approximate surface area is 183 Å². The Morgan fingerprint density at radius 2 is 1.75 bits per heavy atom. The molecule has 0 saturated carbocycles. The number of amides is 2. The first-order chi connectivity index (χ1) is 13.3. The van der Waals surface area contributed by atoms with Crippen LogP contribution in [0.5, 0.6) is 5.75 Å². The first-order valence-corrected chi connectivity index (χ1v) is 10.3. The van der Waals surface area contributed by atoms with Crippen LogP contribution >= 0.6 is 39.1 Å². The van der Waals surface area contributed by atoms with Crippen molar-refractivity contribution >= 4 is 50.9 Å². The zero-order valence-electron chi connectivity index (χ0n) is 15.5. The third-order valence-corrected chi connectivity index (χ3v) is 5.32. The van der Waals surface area contributed by atoms with Gasteiger partial charge in [0.15, 0.2) is 6.61 Å². The van der Waals surface area contributed by atoms with Gasteiger partial charge in [-0.15, -0.1) is 0 Å². The lowest BCUT2D eigenvalue weighted by atomic mass is 10.1. The Hall–Kier alpha value is -1.76. The molecule has 0 heterocycles. The van der Waals surface area contributed by atoms with Gasteiger partial charge < -0.3 is 15.0 Å². The van der Waals surface area contributed by atoms with Gasteiger partial charge in [0, 0.05) is 33.2 Å². The van der Waals surface area contributed by atoms with Crippen molar-refractivity contribution in [2.45, 2.75) is 26.4 Å². The highest BCUT2D eigenvalue weighted by atomic mass is 79.9. The van der Waals surface area contributed by atoms with Crippen LogP contribution in [0.25, 0.3) is 0 Å². The molecule has 8 heteroatoms. The number of hydrogen-bond acceptors (Lipinski definition) is 3. The van der Waals surface area contributed by atoms with Crippen molar-refractivity contribution in [2.24, 2.45) is 0 Å². The maximum absolute atomic E-state index is 12.9. The van der Waals surface area contributed by atoms with Gasteiger partial charge in [-0.3, -0.25) is 9.59 Å². The van der Waals surface area contributed by atoms with E-state index in [0.717, 1.165) is 4.47 Å². The quantitative estimate of drug-likeness (QED) is 0.587. The van der Waals surface area contributed by atoms with Gasteiger partial charge in [-0.05, 0) is 50.2 Å². The number of carbonyl (C=O) groups is 2. The fraction of sp³-hybridized carbons (Fsp3) is 0.300. The molecule has 0 radical (unpaired) electrons. The van der Waals surface area contributed by atoms with Gasteiger partial charge in [0.05, 0.1) is 0 Å². The van der Waals surface area contributed by atoms with Crippen molar-refractivity contribution in [2.75, 3.05) is 13.2 Å². The molecule has 0 aliphatic heterocycles. The third-order valence-electron chi connectivity index (χ3n) is 4.08. The molecule has 0 unspecified atom stereocenters. The van der Waals surface area contributed by atoms with Crippen molar-refractivity contribution in [3.8, 4) is 5.75 Å². The van der Waals surface area contributed by atoms with Crippen LogP contribution in [0, 0.1) is 0 Å². The number of ether oxygens (including phenoxy) is 1. The monoisotopic (exact) mass is 486 g/mol. The van der Waals surface area contributed by atoms with Crippen LogP contribution in [0.1, 0.15) is 19.4 Å². The second-order valence-corrected chi connectivity index (χ2v) is 7.77. The van der Waals surface area contributed by atoms with E-state index < -0.39 is 6.04 Å². The summed E-state index contributed by atoms with van der Waals surface area (Å²) in [4.78, 5) is 26.6. The van der Waals surface area contributed by atoms with E-state index in [2.05, 4.69) is 21.2 Å². The number of benzene rings is 2. The van der Waals surface area contributed by atoms with E-state index >= 15 is 0 Å². The summed E-state index contributed by atoms with van der Waals surface area (Å²) in [6.45, 7) is 3.83. The average molecular weight is 488 g/mol. The number of halogens is 3. The summed E-state index contributed by atoms with van der Waals surface area (Å²) in [5.74, 6) is -0.0572. The predicted molar refractivity (Wildman–Crippen MR) is 115 cm³/mol. The zero-order valence-corrected chi connectivity index (χ0v) is 18.6. The van der Waals surface area contributed by atoms with Gasteiger partial charge >= 0.3 is 0 Å².